The summed E-state index contributed by atoms with van der Waals surface area (Å²) < 4.78 is 2.80. The fraction of sp³-hybridized carbons (Fsp3) is 0.417. The van der Waals surface area contributed by atoms with Crippen LogP contribution in [0.5, 0.6) is 0 Å². The number of benzene rings is 1. The molecule has 1 N–H and O–H groups in total. The number of piperidine rings is 1. The SMILES string of the molecule is C=CCn1c(=O)c2sc(N3CCCCC3)nc2n(CC(=O)Nc2c(C)cc(C)cc2C)c1=O. The number of hydrogen-bond donors (Lipinski definition) is 1. The lowest BCUT2D eigenvalue weighted by Gasteiger charge is -2.25. The Morgan fingerprint density at radius 2 is 1.79 bits per heavy atom. The van der Waals surface area contributed by atoms with Gasteiger partial charge in [0.1, 0.15) is 11.2 Å². The van der Waals surface area contributed by atoms with E-state index in [1.165, 1.54) is 28.4 Å². The lowest BCUT2D eigenvalue weighted by molar-refractivity contribution is -0.116. The molecule has 9 heteroatoms. The van der Waals surface area contributed by atoms with Gasteiger partial charge in [-0.15, -0.1) is 6.58 Å². The molecule has 2 aromatic heterocycles. The minimum absolute atomic E-state index is 0.0718. The maximum atomic E-state index is 13.2. The maximum Gasteiger partial charge on any atom is 0.333 e. The lowest BCUT2D eigenvalue weighted by atomic mass is 10.1. The molecule has 0 saturated carbocycles. The monoisotopic (exact) mass is 467 g/mol. The van der Waals surface area contributed by atoms with E-state index in [1.54, 1.807) is 0 Å². The van der Waals surface area contributed by atoms with E-state index in [-0.39, 0.29) is 24.6 Å². The van der Waals surface area contributed by atoms with Gasteiger partial charge in [0.15, 0.2) is 10.8 Å². The standard InChI is InChI=1S/C24H29N5O3S/c1-5-9-28-22(31)20-21(26-23(33-20)27-10-7-6-8-11-27)29(24(28)32)14-18(30)25-19-16(3)12-15(2)13-17(19)4/h5,12-13H,1,6-11,14H2,2-4H3,(H,25,30). The van der Waals surface area contributed by atoms with Gasteiger partial charge in [-0.3, -0.25) is 18.7 Å². The van der Waals surface area contributed by atoms with E-state index < -0.39 is 11.2 Å². The van der Waals surface area contributed by atoms with Crippen molar-refractivity contribution < 1.29 is 4.79 Å². The first-order chi connectivity index (χ1) is 15.8. The number of rotatable bonds is 6. The van der Waals surface area contributed by atoms with Gasteiger partial charge in [-0.05, 0) is 51.2 Å². The molecular formula is C24H29N5O3S. The van der Waals surface area contributed by atoms with Gasteiger partial charge in [-0.25, -0.2) is 9.78 Å². The van der Waals surface area contributed by atoms with Crippen LogP contribution in [-0.2, 0) is 17.9 Å². The highest BCUT2D eigenvalue weighted by atomic mass is 32.1. The fourth-order valence-electron chi connectivity index (χ4n) is 4.42. The number of aryl methyl sites for hydroxylation is 3. The molecule has 3 aromatic rings. The zero-order valence-corrected chi connectivity index (χ0v) is 20.1. The predicted molar refractivity (Wildman–Crippen MR) is 134 cm³/mol. The van der Waals surface area contributed by atoms with Gasteiger partial charge in [-0.1, -0.05) is 35.1 Å². The fourth-order valence-corrected chi connectivity index (χ4v) is 5.49. The molecule has 4 rings (SSSR count). The van der Waals surface area contributed by atoms with Gasteiger partial charge in [0.2, 0.25) is 5.91 Å². The van der Waals surface area contributed by atoms with Crippen LogP contribution in [0.25, 0.3) is 10.3 Å². The third-order valence-electron chi connectivity index (χ3n) is 5.94. The normalized spacial score (nSPS) is 14.0. The minimum atomic E-state index is -0.560. The van der Waals surface area contributed by atoms with Crippen molar-refractivity contribution in [2.75, 3.05) is 23.3 Å². The van der Waals surface area contributed by atoms with Gasteiger partial charge < -0.3 is 10.2 Å². The molecule has 3 heterocycles. The van der Waals surface area contributed by atoms with Gasteiger partial charge in [0.05, 0.1) is 0 Å². The molecule has 1 fully saturated rings. The smallest absolute Gasteiger partial charge is 0.333 e. The van der Waals surface area contributed by atoms with Crippen LogP contribution in [0.2, 0.25) is 0 Å². The molecule has 33 heavy (non-hydrogen) atoms. The summed E-state index contributed by atoms with van der Waals surface area (Å²) in [6, 6.07) is 4.01. The van der Waals surface area contributed by atoms with Crippen molar-refractivity contribution in [1.29, 1.82) is 0 Å². The van der Waals surface area contributed by atoms with Gasteiger partial charge in [0.25, 0.3) is 5.56 Å². The first-order valence-corrected chi connectivity index (χ1v) is 12.0. The highest BCUT2D eigenvalue weighted by Gasteiger charge is 2.22. The number of thiazole rings is 1. The van der Waals surface area contributed by atoms with E-state index in [9.17, 15) is 14.4 Å². The van der Waals surface area contributed by atoms with E-state index in [2.05, 4.69) is 21.8 Å². The van der Waals surface area contributed by atoms with E-state index in [1.807, 2.05) is 32.9 Å². The summed E-state index contributed by atoms with van der Waals surface area (Å²) in [6.45, 7) is 11.1. The molecule has 1 aliphatic heterocycles. The summed E-state index contributed by atoms with van der Waals surface area (Å²) in [5, 5.41) is 3.66. The molecule has 0 radical (unpaired) electrons. The summed E-state index contributed by atoms with van der Waals surface area (Å²) in [4.78, 5) is 46.1. The highest BCUT2D eigenvalue weighted by Crippen LogP contribution is 2.28. The average Bonchev–Trinajstić information content (AvgIpc) is 3.23. The number of anilines is 2. The third-order valence-corrected chi connectivity index (χ3v) is 7.03. The van der Waals surface area contributed by atoms with Crippen molar-refractivity contribution in [3.63, 3.8) is 0 Å². The van der Waals surface area contributed by atoms with E-state index in [0.717, 1.165) is 58.0 Å². The molecule has 8 nitrogen and oxygen atoms in total. The Hall–Kier alpha value is -3.20. The van der Waals surface area contributed by atoms with Gasteiger partial charge >= 0.3 is 5.69 Å². The first-order valence-electron chi connectivity index (χ1n) is 11.2. The van der Waals surface area contributed by atoms with Crippen LogP contribution in [-0.4, -0.2) is 33.1 Å². The topological polar surface area (TPSA) is 89.2 Å². The second-order valence-electron chi connectivity index (χ2n) is 8.59. The Morgan fingerprint density at radius 3 is 2.42 bits per heavy atom. The quantitative estimate of drug-likeness (QED) is 0.562. The summed E-state index contributed by atoms with van der Waals surface area (Å²) in [5.41, 5.74) is 3.08. The molecule has 1 saturated heterocycles. The number of fused-ring (bicyclic) bond motifs is 1. The van der Waals surface area contributed by atoms with Crippen molar-refractivity contribution in [3.8, 4) is 0 Å². The zero-order valence-electron chi connectivity index (χ0n) is 19.3. The summed E-state index contributed by atoms with van der Waals surface area (Å²) in [5.74, 6) is -0.343. The number of aromatic nitrogens is 3. The molecule has 0 bridgehead atoms. The number of carbonyl (C=O) groups is 1. The Kier molecular flexibility index (Phi) is 6.51. The molecular weight excluding hydrogens is 438 g/mol. The van der Waals surface area contributed by atoms with Crippen molar-refractivity contribution in [2.24, 2.45) is 0 Å². The van der Waals surface area contributed by atoms with Crippen LogP contribution >= 0.6 is 11.3 Å². The van der Waals surface area contributed by atoms with Crippen LogP contribution in [0, 0.1) is 20.8 Å². The van der Waals surface area contributed by atoms with E-state index in [4.69, 9.17) is 0 Å². The van der Waals surface area contributed by atoms with Crippen LogP contribution < -0.4 is 21.5 Å². The Morgan fingerprint density at radius 1 is 1.12 bits per heavy atom. The number of carbonyl (C=O) groups excluding carboxylic acids is 1. The lowest BCUT2D eigenvalue weighted by Crippen LogP contribution is -2.41. The van der Waals surface area contributed by atoms with Crippen molar-refractivity contribution >= 4 is 38.4 Å². The molecule has 0 unspecified atom stereocenters. The van der Waals surface area contributed by atoms with Crippen molar-refractivity contribution in [2.45, 2.75) is 53.1 Å². The van der Waals surface area contributed by atoms with Crippen molar-refractivity contribution in [1.82, 2.24) is 14.1 Å². The minimum Gasteiger partial charge on any atom is -0.348 e. The van der Waals surface area contributed by atoms with E-state index >= 15 is 0 Å². The van der Waals surface area contributed by atoms with Gasteiger partial charge in [0, 0.05) is 25.3 Å². The molecule has 0 spiro atoms. The van der Waals surface area contributed by atoms with Crippen LogP contribution in [0.15, 0.2) is 34.4 Å². The first kappa shape index (κ1) is 23.0. The Balaban J connectivity index is 1.76. The molecule has 1 aromatic carbocycles. The summed E-state index contributed by atoms with van der Waals surface area (Å²) in [6.07, 6.45) is 4.82. The zero-order chi connectivity index (χ0) is 23.7. The molecule has 0 aliphatic carbocycles. The molecule has 1 aliphatic rings. The molecule has 174 valence electrons. The molecule has 0 atom stereocenters. The summed E-state index contributed by atoms with van der Waals surface area (Å²) in [7, 11) is 0. The highest BCUT2D eigenvalue weighted by molar-refractivity contribution is 7.22. The van der Waals surface area contributed by atoms with Crippen LogP contribution in [0.4, 0.5) is 10.8 Å². The van der Waals surface area contributed by atoms with Crippen LogP contribution in [0.1, 0.15) is 36.0 Å². The summed E-state index contributed by atoms with van der Waals surface area (Å²) >= 11 is 1.29. The third kappa shape index (κ3) is 4.50. The maximum absolute atomic E-state index is 13.2. The number of nitrogens with one attached hydrogen (secondary N) is 1. The predicted octanol–water partition coefficient (Wildman–Crippen LogP) is 3.36. The van der Waals surface area contributed by atoms with Crippen molar-refractivity contribution in [3.05, 3.63) is 62.3 Å². The second kappa shape index (κ2) is 9.35. The Labute approximate surface area is 196 Å². The second-order valence-corrected chi connectivity index (χ2v) is 9.57. The number of amides is 1. The Bertz CT molecular complexity index is 1320. The number of allylic oxidation sites excluding steroid dienone is 1. The van der Waals surface area contributed by atoms with Gasteiger partial charge in [-0.2, -0.15) is 0 Å². The van der Waals surface area contributed by atoms with E-state index in [0.29, 0.717) is 4.70 Å². The molecule has 1 amide bonds. The largest absolute Gasteiger partial charge is 0.348 e. The van der Waals surface area contributed by atoms with Crippen LogP contribution in [0.3, 0.4) is 0 Å². The average molecular weight is 468 g/mol. The number of hydrogen-bond acceptors (Lipinski definition) is 6. The number of nitrogens with zero attached hydrogens (tertiary/aromatic N) is 4.